The molecule has 0 radical (unpaired) electrons. The minimum absolute atomic E-state index is 0.290. The third kappa shape index (κ3) is 2.45. The van der Waals surface area contributed by atoms with Crippen molar-refractivity contribution in [2.24, 2.45) is 0 Å². The van der Waals surface area contributed by atoms with Gasteiger partial charge in [0, 0.05) is 0 Å². The van der Waals surface area contributed by atoms with Gasteiger partial charge < -0.3 is 9.47 Å². The van der Waals surface area contributed by atoms with Gasteiger partial charge in [-0.1, -0.05) is 36.4 Å². The molecule has 2 aromatic carbocycles. The van der Waals surface area contributed by atoms with E-state index in [1.807, 2.05) is 24.3 Å². The molecule has 0 atom stereocenters. The van der Waals surface area contributed by atoms with E-state index in [0.29, 0.717) is 18.8 Å². The van der Waals surface area contributed by atoms with Crippen LogP contribution in [0.3, 0.4) is 0 Å². The fraction of sp³-hybridized carbons (Fsp3) is 0.235. The smallest absolute Gasteiger partial charge is 0.338 e. The van der Waals surface area contributed by atoms with Gasteiger partial charge in [-0.25, -0.2) is 4.79 Å². The van der Waals surface area contributed by atoms with Crippen molar-refractivity contribution in [3.05, 3.63) is 70.3 Å². The summed E-state index contributed by atoms with van der Waals surface area (Å²) in [4.78, 5) is 11.9. The molecular formula is C17H16O3. The Morgan fingerprint density at radius 1 is 1.15 bits per heavy atom. The second-order valence-electron chi connectivity index (χ2n) is 4.93. The quantitative estimate of drug-likeness (QED) is 0.802. The predicted molar refractivity (Wildman–Crippen MR) is 75.5 cm³/mol. The first kappa shape index (κ1) is 12.9. The maximum absolute atomic E-state index is 11.9. The molecule has 0 amide bonds. The monoisotopic (exact) mass is 268 g/mol. The highest BCUT2D eigenvalue weighted by Crippen LogP contribution is 2.27. The predicted octanol–water partition coefficient (Wildman–Crippen LogP) is 3.09. The first-order chi connectivity index (χ1) is 9.78. The molecule has 3 rings (SSSR count). The van der Waals surface area contributed by atoms with Crippen molar-refractivity contribution in [1.82, 2.24) is 0 Å². The van der Waals surface area contributed by atoms with Gasteiger partial charge in [0.05, 0.1) is 25.9 Å². The van der Waals surface area contributed by atoms with Crippen molar-refractivity contribution in [1.29, 1.82) is 0 Å². The number of rotatable bonds is 3. The van der Waals surface area contributed by atoms with Gasteiger partial charge in [0.2, 0.25) is 0 Å². The van der Waals surface area contributed by atoms with Crippen LogP contribution in [0.25, 0.3) is 0 Å². The van der Waals surface area contributed by atoms with Gasteiger partial charge in [-0.15, -0.1) is 0 Å². The van der Waals surface area contributed by atoms with E-state index in [1.165, 1.54) is 12.7 Å². The molecule has 1 aliphatic heterocycles. The SMILES string of the molecule is COC(=O)c1cc(Cc2ccccc2)cc2c1COC2. The lowest BCUT2D eigenvalue weighted by Crippen LogP contribution is -2.07. The fourth-order valence-electron chi connectivity index (χ4n) is 2.59. The first-order valence-corrected chi connectivity index (χ1v) is 6.62. The Labute approximate surface area is 118 Å². The highest BCUT2D eigenvalue weighted by atomic mass is 16.5. The molecule has 0 aliphatic carbocycles. The zero-order chi connectivity index (χ0) is 13.9. The van der Waals surface area contributed by atoms with Crippen LogP contribution in [-0.4, -0.2) is 13.1 Å². The molecule has 0 saturated heterocycles. The standard InChI is InChI=1S/C17H16O3/c1-19-17(18)15-9-13(7-12-5-3-2-4-6-12)8-14-10-20-11-16(14)15/h2-6,8-9H,7,10-11H2,1H3. The molecule has 102 valence electrons. The molecule has 1 heterocycles. The van der Waals surface area contributed by atoms with E-state index in [-0.39, 0.29) is 5.97 Å². The van der Waals surface area contributed by atoms with E-state index >= 15 is 0 Å². The first-order valence-electron chi connectivity index (χ1n) is 6.62. The summed E-state index contributed by atoms with van der Waals surface area (Å²) in [5.41, 5.74) is 5.03. The van der Waals surface area contributed by atoms with E-state index in [0.717, 1.165) is 23.1 Å². The number of ether oxygens (including phenoxy) is 2. The van der Waals surface area contributed by atoms with E-state index in [9.17, 15) is 4.79 Å². The van der Waals surface area contributed by atoms with Crippen molar-refractivity contribution in [3.63, 3.8) is 0 Å². The molecule has 20 heavy (non-hydrogen) atoms. The van der Waals surface area contributed by atoms with Gasteiger partial charge >= 0.3 is 5.97 Å². The number of fused-ring (bicyclic) bond motifs is 1. The third-order valence-corrected chi connectivity index (χ3v) is 3.56. The molecule has 0 saturated carbocycles. The summed E-state index contributed by atoms with van der Waals surface area (Å²) in [6, 6.07) is 14.3. The van der Waals surface area contributed by atoms with E-state index in [1.54, 1.807) is 0 Å². The highest BCUT2D eigenvalue weighted by molar-refractivity contribution is 5.91. The van der Waals surface area contributed by atoms with Crippen LogP contribution < -0.4 is 0 Å². The minimum Gasteiger partial charge on any atom is -0.465 e. The van der Waals surface area contributed by atoms with Gasteiger partial charge in [-0.3, -0.25) is 0 Å². The summed E-state index contributed by atoms with van der Waals surface area (Å²) in [6.45, 7) is 1.06. The Bertz CT molecular complexity index is 632. The molecule has 2 aromatic rings. The Balaban J connectivity index is 1.98. The van der Waals surface area contributed by atoms with Crippen LogP contribution in [0.5, 0.6) is 0 Å². The number of benzene rings is 2. The molecule has 3 heteroatoms. The van der Waals surface area contributed by atoms with Crippen LogP contribution in [0.2, 0.25) is 0 Å². The zero-order valence-corrected chi connectivity index (χ0v) is 11.4. The van der Waals surface area contributed by atoms with Crippen LogP contribution in [0.4, 0.5) is 0 Å². The number of hydrogen-bond donors (Lipinski definition) is 0. The summed E-state index contributed by atoms with van der Waals surface area (Å²) >= 11 is 0. The molecular weight excluding hydrogens is 252 g/mol. The lowest BCUT2D eigenvalue weighted by molar-refractivity contribution is 0.0596. The third-order valence-electron chi connectivity index (χ3n) is 3.56. The molecule has 0 unspecified atom stereocenters. The Hall–Kier alpha value is -2.13. The Morgan fingerprint density at radius 2 is 1.95 bits per heavy atom. The zero-order valence-electron chi connectivity index (χ0n) is 11.4. The number of carbonyl (C=O) groups is 1. The second-order valence-corrected chi connectivity index (χ2v) is 4.93. The number of hydrogen-bond acceptors (Lipinski definition) is 3. The largest absolute Gasteiger partial charge is 0.465 e. The van der Waals surface area contributed by atoms with Crippen molar-refractivity contribution < 1.29 is 14.3 Å². The lowest BCUT2D eigenvalue weighted by atomic mass is 9.96. The lowest BCUT2D eigenvalue weighted by Gasteiger charge is -2.09. The summed E-state index contributed by atoms with van der Waals surface area (Å²) in [5.74, 6) is -0.290. The van der Waals surface area contributed by atoms with Gasteiger partial charge in [0.25, 0.3) is 0 Å². The average Bonchev–Trinajstić information content (AvgIpc) is 2.95. The Morgan fingerprint density at radius 3 is 2.70 bits per heavy atom. The van der Waals surface area contributed by atoms with Gasteiger partial charge in [0.1, 0.15) is 0 Å². The minimum atomic E-state index is -0.290. The molecule has 3 nitrogen and oxygen atoms in total. The van der Waals surface area contributed by atoms with Crippen LogP contribution >= 0.6 is 0 Å². The second kappa shape index (κ2) is 5.47. The Kier molecular flexibility index (Phi) is 3.52. The molecule has 0 N–H and O–H groups in total. The molecule has 0 fully saturated rings. The molecule has 0 aromatic heterocycles. The number of esters is 1. The fourth-order valence-corrected chi connectivity index (χ4v) is 2.59. The number of carbonyl (C=O) groups excluding carboxylic acids is 1. The summed E-state index contributed by atoms with van der Waals surface area (Å²) in [5, 5.41) is 0. The van der Waals surface area contributed by atoms with Crippen LogP contribution in [0, 0.1) is 0 Å². The van der Waals surface area contributed by atoms with Crippen molar-refractivity contribution >= 4 is 5.97 Å². The maximum Gasteiger partial charge on any atom is 0.338 e. The van der Waals surface area contributed by atoms with Crippen LogP contribution in [0.1, 0.15) is 32.6 Å². The van der Waals surface area contributed by atoms with Crippen LogP contribution in [0.15, 0.2) is 42.5 Å². The summed E-state index contributed by atoms with van der Waals surface area (Å²) in [6.07, 6.45) is 0.804. The van der Waals surface area contributed by atoms with Gasteiger partial charge in [-0.05, 0) is 34.7 Å². The molecule has 0 bridgehead atoms. The van der Waals surface area contributed by atoms with Crippen molar-refractivity contribution in [2.75, 3.05) is 7.11 Å². The maximum atomic E-state index is 11.9. The topological polar surface area (TPSA) is 35.5 Å². The van der Waals surface area contributed by atoms with Crippen molar-refractivity contribution in [3.8, 4) is 0 Å². The van der Waals surface area contributed by atoms with E-state index < -0.39 is 0 Å². The van der Waals surface area contributed by atoms with Gasteiger partial charge in [-0.2, -0.15) is 0 Å². The molecule has 1 aliphatic rings. The highest BCUT2D eigenvalue weighted by Gasteiger charge is 2.21. The number of methoxy groups -OCH3 is 1. The summed E-state index contributed by atoms with van der Waals surface area (Å²) in [7, 11) is 1.41. The van der Waals surface area contributed by atoms with Crippen molar-refractivity contribution in [2.45, 2.75) is 19.6 Å². The van der Waals surface area contributed by atoms with Crippen LogP contribution in [-0.2, 0) is 29.1 Å². The molecule has 0 spiro atoms. The average molecular weight is 268 g/mol. The van der Waals surface area contributed by atoms with E-state index in [4.69, 9.17) is 9.47 Å². The normalized spacial score (nSPS) is 13.1. The summed E-state index contributed by atoms with van der Waals surface area (Å²) < 4.78 is 10.3. The van der Waals surface area contributed by atoms with Gasteiger partial charge in [0.15, 0.2) is 0 Å². The van der Waals surface area contributed by atoms with E-state index in [2.05, 4.69) is 18.2 Å².